The lowest BCUT2D eigenvalue weighted by atomic mass is 10.2. The third kappa shape index (κ3) is 3.77. The summed E-state index contributed by atoms with van der Waals surface area (Å²) in [7, 11) is 0. The van der Waals surface area contributed by atoms with E-state index >= 15 is 0 Å². The molecule has 1 aliphatic rings. The first-order chi connectivity index (χ1) is 11.1. The van der Waals surface area contributed by atoms with Gasteiger partial charge in [0.1, 0.15) is 0 Å². The topological polar surface area (TPSA) is 93.4 Å². The zero-order valence-corrected chi connectivity index (χ0v) is 13.7. The van der Waals surface area contributed by atoms with Crippen molar-refractivity contribution in [2.45, 2.75) is 13.5 Å². The molecular formula is C15H19N5O2S. The second kappa shape index (κ2) is 6.93. The summed E-state index contributed by atoms with van der Waals surface area (Å²) in [5.41, 5.74) is 7.19. The first-order valence-electron chi connectivity index (χ1n) is 7.41. The van der Waals surface area contributed by atoms with Crippen LogP contribution in [0.25, 0.3) is 0 Å². The van der Waals surface area contributed by atoms with Crippen molar-refractivity contribution in [1.29, 1.82) is 0 Å². The van der Waals surface area contributed by atoms with Gasteiger partial charge in [0.15, 0.2) is 5.13 Å². The number of anilines is 2. The molecule has 8 heteroatoms. The quantitative estimate of drug-likeness (QED) is 0.859. The molecule has 0 bridgehead atoms. The Hall–Kier alpha value is -2.19. The fourth-order valence-corrected chi connectivity index (χ4v) is 3.25. The van der Waals surface area contributed by atoms with Gasteiger partial charge in [-0.05, 0) is 13.0 Å². The minimum Gasteiger partial charge on any atom is -0.379 e. The number of carbonyl (C=O) groups excluding carboxylic acids is 1. The lowest BCUT2D eigenvalue weighted by Crippen LogP contribution is -2.36. The molecular weight excluding hydrogens is 314 g/mol. The van der Waals surface area contributed by atoms with Gasteiger partial charge in [0.25, 0.3) is 5.91 Å². The number of carbonyl (C=O) groups is 1. The molecule has 0 saturated carbocycles. The number of rotatable bonds is 5. The Morgan fingerprint density at radius 3 is 2.91 bits per heavy atom. The molecule has 1 aliphatic heterocycles. The second-order valence-corrected chi connectivity index (χ2v) is 6.38. The van der Waals surface area contributed by atoms with Crippen LogP contribution in [-0.2, 0) is 11.3 Å². The van der Waals surface area contributed by atoms with Gasteiger partial charge in [-0.15, -0.1) is 11.3 Å². The highest BCUT2D eigenvalue weighted by atomic mass is 32.1. The average Bonchev–Trinajstić information content (AvgIpc) is 3.03. The molecule has 1 saturated heterocycles. The van der Waals surface area contributed by atoms with E-state index in [1.54, 1.807) is 30.5 Å². The highest BCUT2D eigenvalue weighted by Gasteiger charge is 2.14. The summed E-state index contributed by atoms with van der Waals surface area (Å²) >= 11 is 1.66. The Labute approximate surface area is 138 Å². The maximum absolute atomic E-state index is 11.4. The number of hydrogen-bond acceptors (Lipinski definition) is 7. The number of aromatic nitrogens is 2. The van der Waals surface area contributed by atoms with Gasteiger partial charge in [-0.3, -0.25) is 9.78 Å². The van der Waals surface area contributed by atoms with Crippen LogP contribution in [0.2, 0.25) is 0 Å². The fraction of sp³-hybridized carbons (Fsp3) is 0.400. The van der Waals surface area contributed by atoms with Crippen LogP contribution in [0.15, 0.2) is 18.5 Å². The van der Waals surface area contributed by atoms with E-state index in [1.165, 1.54) is 0 Å². The SMILES string of the molecule is Cc1ncc(NCc2cnc(N3CCOCC3)s2)cc1C(N)=O. The van der Waals surface area contributed by atoms with Crippen molar-refractivity contribution in [1.82, 2.24) is 9.97 Å². The number of aryl methyl sites for hydroxylation is 1. The molecule has 23 heavy (non-hydrogen) atoms. The summed E-state index contributed by atoms with van der Waals surface area (Å²) in [6, 6.07) is 1.73. The number of nitrogens with two attached hydrogens (primary N) is 1. The van der Waals surface area contributed by atoms with Crippen LogP contribution in [0.3, 0.4) is 0 Å². The Morgan fingerprint density at radius 1 is 1.39 bits per heavy atom. The molecule has 0 spiro atoms. The van der Waals surface area contributed by atoms with Crippen LogP contribution in [-0.4, -0.2) is 42.2 Å². The molecule has 1 fully saturated rings. The Morgan fingerprint density at radius 2 is 2.17 bits per heavy atom. The number of nitrogens with zero attached hydrogens (tertiary/aromatic N) is 3. The van der Waals surface area contributed by atoms with E-state index in [-0.39, 0.29) is 0 Å². The molecule has 0 aliphatic carbocycles. The van der Waals surface area contributed by atoms with Gasteiger partial charge in [0, 0.05) is 24.2 Å². The van der Waals surface area contributed by atoms with Gasteiger partial charge in [-0.2, -0.15) is 0 Å². The molecule has 3 N–H and O–H groups in total. The number of nitrogens with one attached hydrogen (secondary N) is 1. The van der Waals surface area contributed by atoms with E-state index in [4.69, 9.17) is 10.5 Å². The molecule has 0 unspecified atom stereocenters. The Balaban J connectivity index is 1.63. The van der Waals surface area contributed by atoms with Gasteiger partial charge in [-0.1, -0.05) is 0 Å². The van der Waals surface area contributed by atoms with E-state index < -0.39 is 5.91 Å². The molecule has 0 aromatic carbocycles. The summed E-state index contributed by atoms with van der Waals surface area (Å²) in [6.45, 7) is 5.65. The standard InChI is InChI=1S/C15H19N5O2S/c1-10-13(14(16)21)6-11(7-17-10)18-8-12-9-19-15(23-12)20-2-4-22-5-3-20/h6-7,9,18H,2-5,8H2,1H3,(H2,16,21). The molecule has 2 aromatic rings. The summed E-state index contributed by atoms with van der Waals surface area (Å²) in [5, 5.41) is 4.28. The normalized spacial score (nSPS) is 14.7. The van der Waals surface area contributed by atoms with E-state index in [2.05, 4.69) is 20.2 Å². The van der Waals surface area contributed by atoms with Crippen LogP contribution in [0.1, 0.15) is 20.9 Å². The van der Waals surface area contributed by atoms with E-state index in [0.717, 1.165) is 42.0 Å². The summed E-state index contributed by atoms with van der Waals surface area (Å²) in [5.74, 6) is -0.467. The van der Waals surface area contributed by atoms with Crippen molar-refractivity contribution in [3.05, 3.63) is 34.6 Å². The molecule has 1 amide bonds. The number of primary amides is 1. The summed E-state index contributed by atoms with van der Waals surface area (Å²) in [6.07, 6.45) is 3.57. The zero-order valence-electron chi connectivity index (χ0n) is 12.9. The zero-order chi connectivity index (χ0) is 16.2. The first kappa shape index (κ1) is 15.7. The van der Waals surface area contributed by atoms with Crippen molar-refractivity contribution in [3.63, 3.8) is 0 Å². The van der Waals surface area contributed by atoms with Gasteiger partial charge < -0.3 is 20.7 Å². The van der Waals surface area contributed by atoms with Crippen LogP contribution < -0.4 is 16.0 Å². The van der Waals surface area contributed by atoms with Crippen molar-refractivity contribution >= 4 is 28.1 Å². The van der Waals surface area contributed by atoms with Gasteiger partial charge in [0.05, 0.1) is 42.9 Å². The van der Waals surface area contributed by atoms with Crippen molar-refractivity contribution in [2.75, 3.05) is 36.5 Å². The summed E-state index contributed by atoms with van der Waals surface area (Å²) < 4.78 is 5.35. The number of morpholine rings is 1. The number of pyridine rings is 1. The minimum atomic E-state index is -0.467. The largest absolute Gasteiger partial charge is 0.379 e. The molecule has 122 valence electrons. The van der Waals surface area contributed by atoms with Gasteiger partial charge >= 0.3 is 0 Å². The van der Waals surface area contributed by atoms with Gasteiger partial charge in [-0.25, -0.2) is 4.98 Å². The monoisotopic (exact) mass is 333 g/mol. The molecule has 2 aromatic heterocycles. The summed E-state index contributed by atoms with van der Waals surface area (Å²) in [4.78, 5) is 23.4. The molecule has 0 radical (unpaired) electrons. The fourth-order valence-electron chi connectivity index (χ4n) is 2.35. The predicted octanol–water partition coefficient (Wildman–Crippen LogP) is 1.39. The van der Waals surface area contributed by atoms with Crippen molar-refractivity contribution in [2.24, 2.45) is 5.73 Å². The number of thiazole rings is 1. The molecule has 3 heterocycles. The maximum Gasteiger partial charge on any atom is 0.250 e. The van der Waals surface area contributed by atoms with Crippen LogP contribution >= 0.6 is 11.3 Å². The third-order valence-corrected chi connectivity index (χ3v) is 4.70. The lowest BCUT2D eigenvalue weighted by Gasteiger charge is -2.25. The predicted molar refractivity (Wildman–Crippen MR) is 90.0 cm³/mol. The maximum atomic E-state index is 11.4. The molecule has 3 rings (SSSR count). The van der Waals surface area contributed by atoms with Crippen molar-refractivity contribution in [3.8, 4) is 0 Å². The smallest absolute Gasteiger partial charge is 0.250 e. The number of hydrogen-bond donors (Lipinski definition) is 2. The van der Waals surface area contributed by atoms with Crippen LogP contribution in [0.4, 0.5) is 10.8 Å². The Bertz CT molecular complexity index is 697. The second-order valence-electron chi connectivity index (χ2n) is 5.28. The van der Waals surface area contributed by atoms with E-state index in [9.17, 15) is 4.79 Å². The molecule has 7 nitrogen and oxygen atoms in total. The van der Waals surface area contributed by atoms with E-state index in [0.29, 0.717) is 17.8 Å². The van der Waals surface area contributed by atoms with Crippen LogP contribution in [0.5, 0.6) is 0 Å². The average molecular weight is 333 g/mol. The molecule has 0 atom stereocenters. The third-order valence-electron chi connectivity index (χ3n) is 3.64. The van der Waals surface area contributed by atoms with E-state index in [1.807, 2.05) is 6.20 Å². The Kier molecular flexibility index (Phi) is 4.73. The number of amides is 1. The lowest BCUT2D eigenvalue weighted by molar-refractivity contribution is 0.0999. The minimum absolute atomic E-state index is 0.438. The van der Waals surface area contributed by atoms with Gasteiger partial charge in [0.2, 0.25) is 0 Å². The highest BCUT2D eigenvalue weighted by molar-refractivity contribution is 7.15. The van der Waals surface area contributed by atoms with Crippen molar-refractivity contribution < 1.29 is 9.53 Å². The van der Waals surface area contributed by atoms with Crippen LogP contribution in [0, 0.1) is 6.92 Å². The number of ether oxygens (including phenoxy) is 1. The first-order valence-corrected chi connectivity index (χ1v) is 8.23. The highest BCUT2D eigenvalue weighted by Crippen LogP contribution is 2.24.